The van der Waals surface area contributed by atoms with Crippen molar-refractivity contribution in [3.8, 4) is 6.07 Å². The SMILES string of the molecule is CN1CCN(Cc2cc3c(nc2C=O)N(C(=O)Nc2cc(NCC4CCCCS4)c(C#N)cn2)CCC3)C(=O)C1. The summed E-state index contributed by atoms with van der Waals surface area (Å²) in [4.78, 5) is 52.0. The van der Waals surface area contributed by atoms with Gasteiger partial charge in [0.25, 0.3) is 0 Å². The van der Waals surface area contributed by atoms with E-state index in [9.17, 15) is 19.6 Å². The van der Waals surface area contributed by atoms with Crippen LogP contribution in [0.4, 0.5) is 22.1 Å². The second-order valence-electron chi connectivity index (χ2n) is 10.5. The van der Waals surface area contributed by atoms with E-state index < -0.39 is 6.03 Å². The molecule has 12 heteroatoms. The lowest BCUT2D eigenvalue weighted by atomic mass is 10.0. The number of anilines is 3. The number of nitrogens with one attached hydrogen (secondary N) is 2. The standard InChI is InChI=1S/C28H34N8O3S/c1-34-8-9-35(26(38)17-34)16-20-11-19-5-4-7-36(27(19)32-24(20)18-37)28(39)33-25-12-23(21(13-29)14-31-25)30-15-22-6-2-3-10-40-22/h11-12,14,18,22H,2-10,15-17H2,1H3,(H2,30,31,33,39). The van der Waals surface area contributed by atoms with Gasteiger partial charge in [-0.15, -0.1) is 0 Å². The van der Waals surface area contributed by atoms with E-state index in [1.807, 2.05) is 29.8 Å². The highest BCUT2D eigenvalue weighted by molar-refractivity contribution is 7.99. The highest BCUT2D eigenvalue weighted by Crippen LogP contribution is 2.30. The number of hydrogen-bond acceptors (Lipinski definition) is 9. The smallest absolute Gasteiger partial charge is 0.328 e. The summed E-state index contributed by atoms with van der Waals surface area (Å²) in [5.74, 6) is 1.95. The second-order valence-corrected chi connectivity index (χ2v) is 11.9. The van der Waals surface area contributed by atoms with Crippen molar-refractivity contribution in [3.63, 3.8) is 0 Å². The molecular formula is C28H34N8O3S. The van der Waals surface area contributed by atoms with Crippen LogP contribution in [-0.4, -0.2) is 88.8 Å². The quantitative estimate of drug-likeness (QED) is 0.488. The minimum atomic E-state index is -0.404. The first-order chi connectivity index (χ1) is 19.4. The Morgan fingerprint density at radius 3 is 2.88 bits per heavy atom. The average Bonchev–Trinajstić information content (AvgIpc) is 2.97. The van der Waals surface area contributed by atoms with Crippen molar-refractivity contribution in [3.05, 3.63) is 40.7 Å². The molecule has 2 saturated heterocycles. The largest absolute Gasteiger partial charge is 0.383 e. The molecular weight excluding hydrogens is 528 g/mol. The van der Waals surface area contributed by atoms with Crippen molar-refractivity contribution in [2.75, 3.05) is 61.1 Å². The number of nitrogens with zero attached hydrogens (tertiary/aromatic N) is 6. The van der Waals surface area contributed by atoms with Gasteiger partial charge in [0.2, 0.25) is 5.91 Å². The van der Waals surface area contributed by atoms with Crippen LogP contribution in [0.5, 0.6) is 0 Å². The average molecular weight is 563 g/mol. The highest BCUT2D eigenvalue weighted by atomic mass is 32.2. The van der Waals surface area contributed by atoms with Gasteiger partial charge in [-0.25, -0.2) is 14.8 Å². The summed E-state index contributed by atoms with van der Waals surface area (Å²) in [6, 6.07) is 5.36. The Hall–Kier alpha value is -3.69. The topological polar surface area (TPSA) is 135 Å². The Kier molecular flexibility index (Phi) is 8.81. The van der Waals surface area contributed by atoms with Crippen molar-refractivity contribution in [2.24, 2.45) is 0 Å². The van der Waals surface area contributed by atoms with Gasteiger partial charge in [0.05, 0.1) is 17.8 Å². The third-order valence-corrected chi connectivity index (χ3v) is 8.95. The molecule has 3 aliphatic heterocycles. The Bertz CT molecular complexity index is 1320. The van der Waals surface area contributed by atoms with Crippen molar-refractivity contribution < 1.29 is 14.4 Å². The highest BCUT2D eigenvalue weighted by Gasteiger charge is 2.28. The number of aldehydes is 1. The van der Waals surface area contributed by atoms with Crippen LogP contribution in [-0.2, 0) is 17.8 Å². The number of urea groups is 1. The summed E-state index contributed by atoms with van der Waals surface area (Å²) >= 11 is 1.95. The van der Waals surface area contributed by atoms with E-state index in [1.165, 1.54) is 23.9 Å². The molecule has 5 rings (SSSR count). The first-order valence-electron chi connectivity index (χ1n) is 13.7. The maximum atomic E-state index is 13.4. The van der Waals surface area contributed by atoms with Crippen LogP contribution in [0.3, 0.4) is 0 Å². The van der Waals surface area contributed by atoms with E-state index >= 15 is 0 Å². The molecule has 2 fully saturated rings. The molecule has 210 valence electrons. The summed E-state index contributed by atoms with van der Waals surface area (Å²) in [5, 5.41) is 16.3. The molecule has 3 amide bonds. The molecule has 2 N–H and O–H groups in total. The second kappa shape index (κ2) is 12.7. The monoisotopic (exact) mass is 562 g/mol. The van der Waals surface area contributed by atoms with Crippen LogP contribution >= 0.6 is 11.8 Å². The number of amides is 3. The molecule has 5 heterocycles. The number of aryl methyl sites for hydroxylation is 1. The van der Waals surface area contributed by atoms with Gasteiger partial charge < -0.3 is 10.2 Å². The van der Waals surface area contributed by atoms with Gasteiger partial charge in [0, 0.05) is 55.8 Å². The van der Waals surface area contributed by atoms with E-state index in [0.29, 0.717) is 66.2 Å². The molecule has 0 spiro atoms. The number of carbonyl (C=O) groups excluding carboxylic acids is 3. The lowest BCUT2D eigenvalue weighted by Gasteiger charge is -2.33. The maximum absolute atomic E-state index is 13.4. The number of carbonyl (C=O) groups is 3. The Morgan fingerprint density at radius 2 is 2.12 bits per heavy atom. The Morgan fingerprint density at radius 1 is 1.25 bits per heavy atom. The lowest BCUT2D eigenvalue weighted by molar-refractivity contribution is -0.136. The molecule has 2 aromatic heterocycles. The summed E-state index contributed by atoms with van der Waals surface area (Å²) < 4.78 is 0. The number of fused-ring (bicyclic) bond motifs is 1. The summed E-state index contributed by atoms with van der Waals surface area (Å²) in [7, 11) is 1.91. The van der Waals surface area contributed by atoms with Gasteiger partial charge >= 0.3 is 6.03 Å². The van der Waals surface area contributed by atoms with Gasteiger partial charge in [0.1, 0.15) is 23.4 Å². The van der Waals surface area contributed by atoms with E-state index in [2.05, 4.69) is 26.7 Å². The van der Waals surface area contributed by atoms with Gasteiger partial charge in [0.15, 0.2) is 6.29 Å². The first kappa shape index (κ1) is 27.9. The number of likely N-dealkylation sites (N-methyl/N-ethyl adjacent to an activating group) is 1. The number of hydrogen-bond donors (Lipinski definition) is 2. The molecule has 2 aromatic rings. The fourth-order valence-corrected chi connectivity index (χ4v) is 6.55. The molecule has 40 heavy (non-hydrogen) atoms. The third kappa shape index (κ3) is 6.37. The first-order valence-corrected chi connectivity index (χ1v) is 14.8. The molecule has 1 atom stereocenters. The number of thioether (sulfide) groups is 1. The Labute approximate surface area is 238 Å². The van der Waals surface area contributed by atoms with Crippen molar-refractivity contribution in [2.45, 2.75) is 43.9 Å². The van der Waals surface area contributed by atoms with E-state index in [0.717, 1.165) is 43.7 Å². The molecule has 0 radical (unpaired) electrons. The molecule has 3 aliphatic rings. The molecule has 0 aromatic carbocycles. The maximum Gasteiger partial charge on any atom is 0.328 e. The number of aromatic nitrogens is 2. The fraction of sp³-hybridized carbons (Fsp3) is 0.500. The number of pyridine rings is 2. The zero-order valence-electron chi connectivity index (χ0n) is 22.7. The van der Waals surface area contributed by atoms with Crippen LogP contribution in [0.15, 0.2) is 18.3 Å². The van der Waals surface area contributed by atoms with Crippen LogP contribution < -0.4 is 15.5 Å². The summed E-state index contributed by atoms with van der Waals surface area (Å²) in [6.07, 6.45) is 7.21. The van der Waals surface area contributed by atoms with E-state index in [1.54, 1.807) is 11.0 Å². The van der Waals surface area contributed by atoms with Crippen molar-refractivity contribution in [1.82, 2.24) is 19.8 Å². The van der Waals surface area contributed by atoms with Crippen LogP contribution in [0.2, 0.25) is 0 Å². The predicted molar refractivity (Wildman–Crippen MR) is 155 cm³/mol. The fourth-order valence-electron chi connectivity index (χ4n) is 5.31. The van der Waals surface area contributed by atoms with Gasteiger partial charge in [-0.3, -0.25) is 24.7 Å². The molecule has 0 saturated carbocycles. The molecule has 0 aliphatic carbocycles. The van der Waals surface area contributed by atoms with E-state index in [4.69, 9.17) is 0 Å². The minimum Gasteiger partial charge on any atom is -0.383 e. The molecule has 1 unspecified atom stereocenters. The van der Waals surface area contributed by atoms with Gasteiger partial charge in [-0.1, -0.05) is 6.42 Å². The van der Waals surface area contributed by atoms with Gasteiger partial charge in [-0.05, 0) is 50.1 Å². The minimum absolute atomic E-state index is 0.0191. The molecule has 0 bridgehead atoms. The number of nitriles is 1. The van der Waals surface area contributed by atoms with Crippen molar-refractivity contribution in [1.29, 1.82) is 5.26 Å². The Balaban J connectivity index is 1.31. The third-order valence-electron chi connectivity index (χ3n) is 7.56. The number of piperazine rings is 1. The van der Waals surface area contributed by atoms with E-state index in [-0.39, 0.29) is 11.6 Å². The zero-order chi connectivity index (χ0) is 28.1. The summed E-state index contributed by atoms with van der Waals surface area (Å²) in [5.41, 5.74) is 2.85. The molecule has 11 nitrogen and oxygen atoms in total. The van der Waals surface area contributed by atoms with Crippen LogP contribution in [0.1, 0.15) is 52.9 Å². The van der Waals surface area contributed by atoms with Crippen LogP contribution in [0, 0.1) is 11.3 Å². The number of rotatable bonds is 7. The predicted octanol–water partition coefficient (Wildman–Crippen LogP) is 3.12. The van der Waals surface area contributed by atoms with Gasteiger partial charge in [-0.2, -0.15) is 17.0 Å². The normalized spacial score (nSPS) is 19.5. The van der Waals surface area contributed by atoms with Crippen molar-refractivity contribution >= 4 is 47.3 Å². The summed E-state index contributed by atoms with van der Waals surface area (Å²) in [6.45, 7) is 3.22. The van der Waals surface area contributed by atoms with Crippen LogP contribution in [0.25, 0.3) is 0 Å². The lowest BCUT2D eigenvalue weighted by Crippen LogP contribution is -2.48. The zero-order valence-corrected chi connectivity index (χ0v) is 23.5.